The van der Waals surface area contributed by atoms with Crippen molar-refractivity contribution in [2.24, 2.45) is 11.8 Å². The summed E-state index contributed by atoms with van der Waals surface area (Å²) in [6.07, 6.45) is 0.980. The van der Waals surface area contributed by atoms with Crippen molar-refractivity contribution < 1.29 is 9.53 Å². The summed E-state index contributed by atoms with van der Waals surface area (Å²) >= 11 is 0. The number of anilines is 1. The second-order valence-corrected chi connectivity index (χ2v) is 5.22. The average molecular weight is 267 g/mol. The molecule has 102 valence electrons. The van der Waals surface area contributed by atoms with Crippen molar-refractivity contribution >= 4 is 11.6 Å². The van der Waals surface area contributed by atoms with Gasteiger partial charge in [-0.15, -0.1) is 0 Å². The Morgan fingerprint density at radius 1 is 1.10 bits per heavy atom. The number of ether oxygens (including phenoxy) is 1. The van der Waals surface area contributed by atoms with Crippen molar-refractivity contribution in [1.29, 1.82) is 0 Å². The van der Waals surface area contributed by atoms with E-state index in [1.54, 1.807) is 0 Å². The standard InChI is InChI=1S/C17H17NO2/c1-12-11-14(12)17(19)18-15-9-5-6-10-16(15)20-13-7-3-2-4-8-13/h2-10,12,14H,11H2,1H3,(H,18,19)/t12-,14-/m0/s1. The molecule has 2 atom stereocenters. The summed E-state index contributed by atoms with van der Waals surface area (Å²) in [6, 6.07) is 17.1. The number of hydrogen-bond acceptors (Lipinski definition) is 2. The highest BCUT2D eigenvalue weighted by Gasteiger charge is 2.39. The summed E-state index contributed by atoms with van der Waals surface area (Å²) in [6.45, 7) is 2.09. The zero-order valence-electron chi connectivity index (χ0n) is 11.4. The molecular formula is C17H17NO2. The van der Waals surface area contributed by atoms with Gasteiger partial charge in [-0.05, 0) is 36.6 Å². The monoisotopic (exact) mass is 267 g/mol. The molecule has 1 aliphatic rings. The van der Waals surface area contributed by atoms with Crippen LogP contribution in [0.4, 0.5) is 5.69 Å². The Hall–Kier alpha value is -2.29. The van der Waals surface area contributed by atoms with Crippen LogP contribution < -0.4 is 10.1 Å². The van der Waals surface area contributed by atoms with E-state index in [9.17, 15) is 4.79 Å². The van der Waals surface area contributed by atoms with Gasteiger partial charge in [-0.3, -0.25) is 4.79 Å². The molecule has 1 amide bonds. The lowest BCUT2D eigenvalue weighted by Gasteiger charge is -2.12. The molecule has 3 heteroatoms. The van der Waals surface area contributed by atoms with Gasteiger partial charge < -0.3 is 10.1 Å². The molecule has 0 radical (unpaired) electrons. The van der Waals surface area contributed by atoms with E-state index >= 15 is 0 Å². The molecule has 0 aliphatic heterocycles. The molecule has 3 nitrogen and oxygen atoms in total. The van der Waals surface area contributed by atoms with E-state index in [1.165, 1.54) is 0 Å². The number of rotatable bonds is 4. The number of carbonyl (C=O) groups excluding carboxylic acids is 1. The Morgan fingerprint density at radius 2 is 1.75 bits per heavy atom. The van der Waals surface area contributed by atoms with Crippen molar-refractivity contribution in [3.8, 4) is 11.5 Å². The minimum Gasteiger partial charge on any atom is -0.455 e. The van der Waals surface area contributed by atoms with E-state index in [2.05, 4.69) is 12.2 Å². The molecule has 1 fully saturated rings. The predicted octanol–water partition coefficient (Wildman–Crippen LogP) is 4.07. The molecule has 0 bridgehead atoms. The molecular weight excluding hydrogens is 250 g/mol. The normalized spacial score (nSPS) is 20.2. The summed E-state index contributed by atoms with van der Waals surface area (Å²) in [5, 5.41) is 2.96. The molecule has 2 aromatic rings. The number of amides is 1. The van der Waals surface area contributed by atoms with E-state index in [4.69, 9.17) is 4.74 Å². The van der Waals surface area contributed by atoms with Crippen LogP contribution in [0.5, 0.6) is 11.5 Å². The number of benzene rings is 2. The highest BCUT2D eigenvalue weighted by molar-refractivity contribution is 5.95. The fourth-order valence-electron chi connectivity index (χ4n) is 2.19. The van der Waals surface area contributed by atoms with Gasteiger partial charge in [-0.2, -0.15) is 0 Å². The quantitative estimate of drug-likeness (QED) is 0.906. The highest BCUT2D eigenvalue weighted by atomic mass is 16.5. The van der Waals surface area contributed by atoms with Gasteiger partial charge in [-0.1, -0.05) is 37.3 Å². The van der Waals surface area contributed by atoms with Gasteiger partial charge >= 0.3 is 0 Å². The maximum atomic E-state index is 12.0. The van der Waals surface area contributed by atoms with Gasteiger partial charge in [0.05, 0.1) is 5.69 Å². The van der Waals surface area contributed by atoms with Gasteiger partial charge in [-0.25, -0.2) is 0 Å². The summed E-state index contributed by atoms with van der Waals surface area (Å²) in [4.78, 5) is 12.0. The van der Waals surface area contributed by atoms with Gasteiger partial charge in [0.25, 0.3) is 0 Å². The lowest BCUT2D eigenvalue weighted by Crippen LogP contribution is -2.14. The van der Waals surface area contributed by atoms with E-state index in [1.807, 2.05) is 54.6 Å². The third-order valence-electron chi connectivity index (χ3n) is 3.56. The smallest absolute Gasteiger partial charge is 0.227 e. The Balaban J connectivity index is 1.76. The number of nitrogens with one attached hydrogen (secondary N) is 1. The van der Waals surface area contributed by atoms with Crippen molar-refractivity contribution in [3.63, 3.8) is 0 Å². The fourth-order valence-corrected chi connectivity index (χ4v) is 2.19. The van der Waals surface area contributed by atoms with Gasteiger partial charge in [0.1, 0.15) is 5.75 Å². The van der Waals surface area contributed by atoms with Crippen LogP contribution in [0.2, 0.25) is 0 Å². The van der Waals surface area contributed by atoms with Gasteiger partial charge in [0, 0.05) is 5.92 Å². The van der Waals surface area contributed by atoms with E-state index in [-0.39, 0.29) is 11.8 Å². The predicted molar refractivity (Wildman–Crippen MR) is 78.9 cm³/mol. The molecule has 2 aromatic carbocycles. The van der Waals surface area contributed by atoms with Crippen molar-refractivity contribution in [1.82, 2.24) is 0 Å². The van der Waals surface area contributed by atoms with Crippen LogP contribution in [0, 0.1) is 11.8 Å². The lowest BCUT2D eigenvalue weighted by atomic mass is 10.2. The maximum Gasteiger partial charge on any atom is 0.227 e. The van der Waals surface area contributed by atoms with Crippen LogP contribution in [-0.2, 0) is 4.79 Å². The molecule has 1 N–H and O–H groups in total. The second kappa shape index (κ2) is 5.37. The van der Waals surface area contributed by atoms with Crippen LogP contribution in [-0.4, -0.2) is 5.91 Å². The summed E-state index contributed by atoms with van der Waals surface area (Å²) < 4.78 is 5.82. The van der Waals surface area contributed by atoms with Crippen LogP contribution >= 0.6 is 0 Å². The summed E-state index contributed by atoms with van der Waals surface area (Å²) in [5.41, 5.74) is 0.723. The third kappa shape index (κ3) is 2.82. The first kappa shape index (κ1) is 12.7. The Morgan fingerprint density at radius 3 is 2.45 bits per heavy atom. The zero-order chi connectivity index (χ0) is 13.9. The van der Waals surface area contributed by atoms with Gasteiger partial charge in [0.2, 0.25) is 5.91 Å². The SMILES string of the molecule is C[C@H]1C[C@@H]1C(=O)Nc1ccccc1Oc1ccccc1. The van der Waals surface area contributed by atoms with Crippen LogP contribution in [0.15, 0.2) is 54.6 Å². The van der Waals surface area contributed by atoms with Crippen molar-refractivity contribution in [2.75, 3.05) is 5.32 Å². The van der Waals surface area contributed by atoms with Crippen LogP contribution in [0.25, 0.3) is 0 Å². The average Bonchev–Trinajstić information content (AvgIpc) is 3.19. The second-order valence-electron chi connectivity index (χ2n) is 5.22. The topological polar surface area (TPSA) is 38.3 Å². The van der Waals surface area contributed by atoms with Crippen molar-refractivity contribution in [2.45, 2.75) is 13.3 Å². The summed E-state index contributed by atoms with van der Waals surface area (Å²) in [7, 11) is 0. The minimum atomic E-state index is 0.0848. The third-order valence-corrected chi connectivity index (χ3v) is 3.56. The number of carbonyl (C=O) groups is 1. The molecule has 0 unspecified atom stereocenters. The molecule has 0 aromatic heterocycles. The molecule has 0 heterocycles. The Kier molecular flexibility index (Phi) is 3.42. The lowest BCUT2D eigenvalue weighted by molar-refractivity contribution is -0.117. The molecule has 0 saturated heterocycles. The molecule has 20 heavy (non-hydrogen) atoms. The number of hydrogen-bond donors (Lipinski definition) is 1. The zero-order valence-corrected chi connectivity index (χ0v) is 11.4. The fraction of sp³-hybridized carbons (Fsp3) is 0.235. The minimum absolute atomic E-state index is 0.0848. The Labute approximate surface area is 118 Å². The number of para-hydroxylation sites is 3. The molecule has 1 aliphatic carbocycles. The van der Waals surface area contributed by atoms with E-state index < -0.39 is 0 Å². The largest absolute Gasteiger partial charge is 0.455 e. The molecule has 1 saturated carbocycles. The Bertz CT molecular complexity index is 609. The van der Waals surface area contributed by atoms with Crippen LogP contribution in [0.1, 0.15) is 13.3 Å². The maximum absolute atomic E-state index is 12.0. The summed E-state index contributed by atoms with van der Waals surface area (Å²) in [5.74, 6) is 2.16. The van der Waals surface area contributed by atoms with Gasteiger partial charge in [0.15, 0.2) is 5.75 Å². The first-order chi connectivity index (χ1) is 9.74. The highest BCUT2D eigenvalue weighted by Crippen LogP contribution is 2.39. The van der Waals surface area contributed by atoms with E-state index in [0.29, 0.717) is 11.7 Å². The first-order valence-electron chi connectivity index (χ1n) is 6.87. The van der Waals surface area contributed by atoms with Crippen molar-refractivity contribution in [3.05, 3.63) is 54.6 Å². The van der Waals surface area contributed by atoms with E-state index in [0.717, 1.165) is 17.9 Å². The molecule has 3 rings (SSSR count). The molecule has 0 spiro atoms. The van der Waals surface area contributed by atoms with Crippen LogP contribution in [0.3, 0.4) is 0 Å². The first-order valence-corrected chi connectivity index (χ1v) is 6.87.